The van der Waals surface area contributed by atoms with E-state index in [1.807, 2.05) is 49.6 Å². The highest BCUT2D eigenvalue weighted by Crippen LogP contribution is 2.21. The molecule has 0 aliphatic rings. The Morgan fingerprint density at radius 2 is 2.25 bits per heavy atom. The molecule has 0 saturated heterocycles. The van der Waals surface area contributed by atoms with Crippen LogP contribution < -0.4 is 5.32 Å². The molecular weight excluding hydrogens is 200 g/mol. The van der Waals surface area contributed by atoms with Gasteiger partial charge in [-0.15, -0.1) is 0 Å². The van der Waals surface area contributed by atoms with Crippen LogP contribution >= 0.6 is 0 Å². The third-order valence-electron chi connectivity index (χ3n) is 2.70. The molecule has 2 heterocycles. The molecule has 0 saturated carbocycles. The average Bonchev–Trinajstić information content (AvgIpc) is 2.69. The Balaban J connectivity index is 2.40. The van der Waals surface area contributed by atoms with E-state index in [9.17, 15) is 0 Å². The second kappa shape index (κ2) is 4.45. The lowest BCUT2D eigenvalue weighted by Gasteiger charge is -2.15. The van der Waals surface area contributed by atoms with E-state index >= 15 is 0 Å². The highest BCUT2D eigenvalue weighted by molar-refractivity contribution is 5.30. The van der Waals surface area contributed by atoms with Crippen LogP contribution in [0.2, 0.25) is 0 Å². The topological polar surface area (TPSA) is 42.7 Å². The van der Waals surface area contributed by atoms with Crippen LogP contribution in [0.3, 0.4) is 0 Å². The predicted octanol–water partition coefficient (Wildman–Crippen LogP) is 1.43. The van der Waals surface area contributed by atoms with Gasteiger partial charge in [0.25, 0.3) is 0 Å². The Kier molecular flexibility index (Phi) is 3.01. The first-order valence-corrected chi connectivity index (χ1v) is 5.28. The fraction of sp³-hybridized carbons (Fsp3) is 0.333. The largest absolute Gasteiger partial charge is 0.340 e. The van der Waals surface area contributed by atoms with Gasteiger partial charge in [0.1, 0.15) is 0 Å². The maximum absolute atomic E-state index is 4.38. The van der Waals surface area contributed by atoms with Crippen LogP contribution in [0.25, 0.3) is 0 Å². The fourth-order valence-corrected chi connectivity index (χ4v) is 1.82. The van der Waals surface area contributed by atoms with Gasteiger partial charge >= 0.3 is 0 Å². The third kappa shape index (κ3) is 1.97. The predicted molar refractivity (Wildman–Crippen MR) is 63.1 cm³/mol. The minimum absolute atomic E-state index is 0.106. The lowest BCUT2D eigenvalue weighted by atomic mass is 10.0. The molecule has 2 aromatic heterocycles. The van der Waals surface area contributed by atoms with Crippen molar-refractivity contribution in [1.29, 1.82) is 0 Å². The smallest absolute Gasteiger partial charge is 0.0947 e. The van der Waals surface area contributed by atoms with Crippen LogP contribution in [0, 0.1) is 6.92 Å². The Morgan fingerprint density at radius 3 is 2.81 bits per heavy atom. The number of hydrogen-bond acceptors (Lipinski definition) is 3. The summed E-state index contributed by atoms with van der Waals surface area (Å²) < 4.78 is 1.95. The molecule has 0 radical (unpaired) electrons. The van der Waals surface area contributed by atoms with Gasteiger partial charge in [0.15, 0.2) is 0 Å². The molecule has 0 amide bonds. The molecule has 16 heavy (non-hydrogen) atoms. The number of pyridine rings is 1. The molecule has 2 aromatic rings. The maximum atomic E-state index is 4.38. The summed E-state index contributed by atoms with van der Waals surface area (Å²) in [5, 5.41) is 3.27. The summed E-state index contributed by atoms with van der Waals surface area (Å²) >= 11 is 0. The summed E-state index contributed by atoms with van der Waals surface area (Å²) in [6, 6.07) is 2.12. The molecule has 1 atom stereocenters. The van der Waals surface area contributed by atoms with Gasteiger partial charge in [0.2, 0.25) is 0 Å². The van der Waals surface area contributed by atoms with Crippen LogP contribution in [0.5, 0.6) is 0 Å². The van der Waals surface area contributed by atoms with Crippen molar-refractivity contribution in [1.82, 2.24) is 19.9 Å². The second-order valence-electron chi connectivity index (χ2n) is 3.92. The summed E-state index contributed by atoms with van der Waals surface area (Å²) in [6.07, 6.45) is 7.54. The first-order chi connectivity index (χ1) is 7.72. The summed E-state index contributed by atoms with van der Waals surface area (Å²) in [7, 11) is 3.91. The number of imidazole rings is 1. The molecule has 2 rings (SSSR count). The van der Waals surface area contributed by atoms with E-state index in [2.05, 4.69) is 22.2 Å². The van der Waals surface area contributed by atoms with Crippen molar-refractivity contribution < 1.29 is 0 Å². The van der Waals surface area contributed by atoms with Gasteiger partial charge in [0, 0.05) is 25.6 Å². The molecule has 0 bridgehead atoms. The molecular formula is C12H16N4. The Hall–Kier alpha value is -1.68. The van der Waals surface area contributed by atoms with Crippen LogP contribution in [0.4, 0.5) is 0 Å². The summed E-state index contributed by atoms with van der Waals surface area (Å²) in [5.41, 5.74) is 3.41. The van der Waals surface area contributed by atoms with Gasteiger partial charge in [-0.05, 0) is 31.2 Å². The average molecular weight is 216 g/mol. The van der Waals surface area contributed by atoms with E-state index in [4.69, 9.17) is 0 Å². The van der Waals surface area contributed by atoms with Crippen LogP contribution in [-0.4, -0.2) is 21.6 Å². The Bertz CT molecular complexity index is 475. The molecule has 1 N–H and O–H groups in total. The standard InChI is InChI=1S/C12H16N4/c1-9-4-5-14-6-10(9)12(13-2)11-7-16(3)8-15-11/h4-8,12-13H,1-3H3. The zero-order valence-electron chi connectivity index (χ0n) is 9.81. The summed E-state index contributed by atoms with van der Waals surface area (Å²) in [6.45, 7) is 2.09. The molecule has 0 aliphatic heterocycles. The van der Waals surface area contributed by atoms with Gasteiger partial charge in [-0.2, -0.15) is 0 Å². The Morgan fingerprint density at radius 1 is 1.44 bits per heavy atom. The van der Waals surface area contributed by atoms with Crippen LogP contribution in [0.1, 0.15) is 22.9 Å². The third-order valence-corrected chi connectivity index (χ3v) is 2.70. The number of aryl methyl sites for hydroxylation is 2. The van der Waals surface area contributed by atoms with E-state index in [1.54, 1.807) is 0 Å². The normalized spacial score (nSPS) is 12.7. The molecule has 0 fully saturated rings. The summed E-state index contributed by atoms with van der Waals surface area (Å²) in [5.74, 6) is 0. The van der Waals surface area contributed by atoms with E-state index in [0.29, 0.717) is 0 Å². The van der Waals surface area contributed by atoms with Crippen molar-refractivity contribution >= 4 is 0 Å². The quantitative estimate of drug-likeness (QED) is 0.844. The van der Waals surface area contributed by atoms with Gasteiger partial charge in [-0.25, -0.2) is 4.98 Å². The van der Waals surface area contributed by atoms with Crippen LogP contribution in [-0.2, 0) is 7.05 Å². The van der Waals surface area contributed by atoms with Gasteiger partial charge in [0.05, 0.1) is 18.1 Å². The lowest BCUT2D eigenvalue weighted by molar-refractivity contribution is 0.667. The first kappa shape index (κ1) is 10.8. The lowest BCUT2D eigenvalue weighted by Crippen LogP contribution is -2.19. The molecule has 4 heteroatoms. The molecule has 4 nitrogen and oxygen atoms in total. The number of nitrogens with one attached hydrogen (secondary N) is 1. The molecule has 0 spiro atoms. The minimum Gasteiger partial charge on any atom is -0.340 e. The van der Waals surface area contributed by atoms with Crippen molar-refractivity contribution in [2.45, 2.75) is 13.0 Å². The van der Waals surface area contributed by atoms with Crippen molar-refractivity contribution in [3.8, 4) is 0 Å². The number of aromatic nitrogens is 3. The van der Waals surface area contributed by atoms with Crippen molar-refractivity contribution in [3.05, 3.63) is 47.8 Å². The summed E-state index contributed by atoms with van der Waals surface area (Å²) in [4.78, 5) is 8.55. The zero-order chi connectivity index (χ0) is 11.5. The van der Waals surface area contributed by atoms with E-state index < -0.39 is 0 Å². The molecule has 0 aromatic carbocycles. The monoisotopic (exact) mass is 216 g/mol. The van der Waals surface area contributed by atoms with Gasteiger partial charge in [-0.1, -0.05) is 0 Å². The van der Waals surface area contributed by atoms with Gasteiger partial charge in [-0.3, -0.25) is 4.98 Å². The molecule has 0 aliphatic carbocycles. The molecule has 1 unspecified atom stereocenters. The van der Waals surface area contributed by atoms with E-state index in [0.717, 1.165) is 5.69 Å². The Labute approximate surface area is 95.4 Å². The van der Waals surface area contributed by atoms with Crippen molar-refractivity contribution in [2.75, 3.05) is 7.05 Å². The first-order valence-electron chi connectivity index (χ1n) is 5.28. The molecule has 84 valence electrons. The SMILES string of the molecule is CNC(c1cn(C)cn1)c1cnccc1C. The van der Waals surface area contributed by atoms with E-state index in [1.165, 1.54) is 11.1 Å². The maximum Gasteiger partial charge on any atom is 0.0947 e. The van der Waals surface area contributed by atoms with Gasteiger partial charge < -0.3 is 9.88 Å². The number of nitrogens with zero attached hydrogens (tertiary/aromatic N) is 3. The second-order valence-corrected chi connectivity index (χ2v) is 3.92. The van der Waals surface area contributed by atoms with Crippen LogP contribution in [0.15, 0.2) is 31.0 Å². The highest BCUT2D eigenvalue weighted by Gasteiger charge is 2.16. The fourth-order valence-electron chi connectivity index (χ4n) is 1.82. The van der Waals surface area contributed by atoms with E-state index in [-0.39, 0.29) is 6.04 Å². The number of rotatable bonds is 3. The minimum atomic E-state index is 0.106. The zero-order valence-corrected chi connectivity index (χ0v) is 9.81. The highest BCUT2D eigenvalue weighted by atomic mass is 15.0. The number of hydrogen-bond donors (Lipinski definition) is 1. The van der Waals surface area contributed by atoms with Crippen molar-refractivity contribution in [2.24, 2.45) is 7.05 Å². The van der Waals surface area contributed by atoms with Crippen molar-refractivity contribution in [3.63, 3.8) is 0 Å².